The summed E-state index contributed by atoms with van der Waals surface area (Å²) in [5.74, 6) is -0.584. The van der Waals surface area contributed by atoms with Crippen LogP contribution in [0.3, 0.4) is 0 Å². The summed E-state index contributed by atoms with van der Waals surface area (Å²) in [6, 6.07) is 2.24. The number of piperazine rings is 1. The van der Waals surface area contributed by atoms with Crippen molar-refractivity contribution < 1.29 is 17.6 Å². The molecule has 1 aliphatic rings. The van der Waals surface area contributed by atoms with Crippen molar-refractivity contribution in [2.75, 3.05) is 26.2 Å². The van der Waals surface area contributed by atoms with Gasteiger partial charge < -0.3 is 5.32 Å². The minimum absolute atomic E-state index is 0. The molecule has 122 valence electrons. The lowest BCUT2D eigenvalue weighted by molar-refractivity contribution is -0.137. The summed E-state index contributed by atoms with van der Waals surface area (Å²) >= 11 is 0. The number of hydrogen-bond acceptors (Lipinski definition) is 2. The topological polar surface area (TPSA) is 15.3 Å². The number of rotatable bonds is 2. The van der Waals surface area contributed by atoms with Gasteiger partial charge in [0, 0.05) is 37.8 Å². The fourth-order valence-corrected chi connectivity index (χ4v) is 2.31. The number of alkyl halides is 3. The van der Waals surface area contributed by atoms with Crippen LogP contribution in [-0.2, 0) is 6.18 Å². The van der Waals surface area contributed by atoms with Gasteiger partial charge in [0.15, 0.2) is 0 Å². The third kappa shape index (κ3) is 4.98. The molecule has 0 aromatic heterocycles. The molecule has 0 bridgehead atoms. The van der Waals surface area contributed by atoms with Crippen molar-refractivity contribution in [3.63, 3.8) is 0 Å². The number of halogens is 6. The molecule has 21 heavy (non-hydrogen) atoms. The number of benzene rings is 1. The summed E-state index contributed by atoms with van der Waals surface area (Å²) in [6.45, 7) is 4.69. The largest absolute Gasteiger partial charge is 0.416 e. The molecule has 2 rings (SSSR count). The zero-order valence-corrected chi connectivity index (χ0v) is 13.0. The van der Waals surface area contributed by atoms with Crippen LogP contribution in [0, 0.1) is 5.82 Å². The van der Waals surface area contributed by atoms with Crippen molar-refractivity contribution in [2.45, 2.75) is 19.1 Å². The highest BCUT2D eigenvalue weighted by atomic mass is 35.5. The molecule has 0 amide bonds. The molecule has 1 aliphatic heterocycles. The van der Waals surface area contributed by atoms with E-state index in [9.17, 15) is 17.6 Å². The van der Waals surface area contributed by atoms with Crippen molar-refractivity contribution in [3.05, 3.63) is 35.1 Å². The molecule has 1 aromatic carbocycles. The van der Waals surface area contributed by atoms with Crippen LogP contribution in [0.25, 0.3) is 0 Å². The van der Waals surface area contributed by atoms with E-state index < -0.39 is 17.6 Å². The Hall–Kier alpha value is -0.560. The molecule has 1 atom stereocenters. The maximum Gasteiger partial charge on any atom is 0.416 e. The smallest absolute Gasteiger partial charge is 0.314 e. The Morgan fingerprint density at radius 3 is 2.24 bits per heavy atom. The average molecular weight is 349 g/mol. The molecule has 1 fully saturated rings. The molecule has 0 spiro atoms. The van der Waals surface area contributed by atoms with Crippen molar-refractivity contribution >= 4 is 24.8 Å². The second kappa shape index (κ2) is 8.17. The molecule has 1 saturated heterocycles. The van der Waals surface area contributed by atoms with E-state index in [4.69, 9.17) is 0 Å². The number of nitrogens with one attached hydrogen (secondary N) is 1. The molecule has 8 heteroatoms. The van der Waals surface area contributed by atoms with Crippen molar-refractivity contribution in [2.24, 2.45) is 0 Å². The predicted molar refractivity (Wildman–Crippen MR) is 78.8 cm³/mol. The zero-order chi connectivity index (χ0) is 14.0. The van der Waals surface area contributed by atoms with E-state index in [0.717, 1.165) is 31.3 Å². The molecule has 1 heterocycles. The Labute approximate surface area is 133 Å². The second-order valence-electron chi connectivity index (χ2n) is 4.70. The summed E-state index contributed by atoms with van der Waals surface area (Å²) < 4.78 is 51.7. The molecule has 0 unspecified atom stereocenters. The molecule has 0 radical (unpaired) electrons. The Balaban J connectivity index is 0.00000200. The van der Waals surface area contributed by atoms with Gasteiger partial charge in [0.25, 0.3) is 0 Å². The minimum atomic E-state index is -4.44. The first-order valence-corrected chi connectivity index (χ1v) is 6.21. The Kier molecular flexibility index (Phi) is 7.95. The van der Waals surface area contributed by atoms with E-state index in [-0.39, 0.29) is 36.4 Å². The van der Waals surface area contributed by atoms with Crippen LogP contribution in [0.1, 0.15) is 24.1 Å². The van der Waals surface area contributed by atoms with E-state index in [1.165, 1.54) is 0 Å². The maximum absolute atomic E-state index is 13.8. The fraction of sp³-hybridized carbons (Fsp3) is 0.538. The van der Waals surface area contributed by atoms with Crippen LogP contribution in [0.15, 0.2) is 18.2 Å². The Morgan fingerprint density at radius 2 is 1.71 bits per heavy atom. The molecule has 0 aliphatic carbocycles. The van der Waals surface area contributed by atoms with E-state index in [2.05, 4.69) is 5.32 Å². The van der Waals surface area contributed by atoms with E-state index >= 15 is 0 Å². The molecule has 0 saturated carbocycles. The summed E-state index contributed by atoms with van der Waals surface area (Å²) in [6.07, 6.45) is -4.44. The summed E-state index contributed by atoms with van der Waals surface area (Å²) in [5.41, 5.74) is -0.692. The third-order valence-electron chi connectivity index (χ3n) is 3.47. The Bertz CT molecular complexity index is 448. The van der Waals surface area contributed by atoms with Gasteiger partial charge in [-0.1, -0.05) is 0 Å². The van der Waals surface area contributed by atoms with Gasteiger partial charge in [0.05, 0.1) is 5.56 Å². The van der Waals surface area contributed by atoms with Crippen LogP contribution in [0.5, 0.6) is 0 Å². The highest BCUT2D eigenvalue weighted by molar-refractivity contribution is 5.85. The SMILES string of the molecule is C[C@H](c1cc(C(F)(F)F)ccc1F)N1CCNCC1.Cl.Cl. The van der Waals surface area contributed by atoms with Crippen LogP contribution in [0.4, 0.5) is 17.6 Å². The third-order valence-corrected chi connectivity index (χ3v) is 3.47. The molecule has 2 nitrogen and oxygen atoms in total. The monoisotopic (exact) mass is 348 g/mol. The van der Waals surface area contributed by atoms with Crippen LogP contribution >= 0.6 is 24.8 Å². The van der Waals surface area contributed by atoms with Crippen LogP contribution < -0.4 is 5.32 Å². The van der Waals surface area contributed by atoms with Gasteiger partial charge >= 0.3 is 6.18 Å². The van der Waals surface area contributed by atoms with Crippen LogP contribution in [0.2, 0.25) is 0 Å². The zero-order valence-electron chi connectivity index (χ0n) is 11.4. The van der Waals surface area contributed by atoms with Crippen molar-refractivity contribution in [1.82, 2.24) is 10.2 Å². The second-order valence-corrected chi connectivity index (χ2v) is 4.70. The van der Waals surface area contributed by atoms with E-state index in [1.807, 2.05) is 4.90 Å². The van der Waals surface area contributed by atoms with Gasteiger partial charge in [0.2, 0.25) is 0 Å². The first-order valence-electron chi connectivity index (χ1n) is 6.21. The quantitative estimate of drug-likeness (QED) is 0.820. The van der Waals surface area contributed by atoms with Gasteiger partial charge in [-0.2, -0.15) is 13.2 Å². The van der Waals surface area contributed by atoms with Gasteiger partial charge in [-0.25, -0.2) is 4.39 Å². The average Bonchev–Trinajstić information content (AvgIpc) is 2.38. The number of hydrogen-bond donors (Lipinski definition) is 1. The molecular formula is C13H18Cl2F4N2. The normalized spacial score (nSPS) is 17.6. The predicted octanol–water partition coefficient (Wildman–Crippen LogP) is 3.65. The summed E-state index contributed by atoms with van der Waals surface area (Å²) in [4.78, 5) is 1.98. The highest BCUT2D eigenvalue weighted by Gasteiger charge is 2.32. The number of nitrogens with zero attached hydrogens (tertiary/aromatic N) is 1. The van der Waals surface area contributed by atoms with E-state index in [1.54, 1.807) is 6.92 Å². The van der Waals surface area contributed by atoms with Crippen molar-refractivity contribution in [1.29, 1.82) is 0 Å². The summed E-state index contributed by atoms with van der Waals surface area (Å²) in [7, 11) is 0. The van der Waals surface area contributed by atoms with Crippen molar-refractivity contribution in [3.8, 4) is 0 Å². The molecular weight excluding hydrogens is 331 g/mol. The van der Waals surface area contributed by atoms with E-state index in [0.29, 0.717) is 13.1 Å². The molecule has 1 N–H and O–H groups in total. The van der Waals surface area contributed by atoms with Gasteiger partial charge in [-0.3, -0.25) is 4.90 Å². The van der Waals surface area contributed by atoms with Gasteiger partial charge in [0.1, 0.15) is 5.82 Å². The molecule has 1 aromatic rings. The first-order chi connectivity index (χ1) is 8.89. The lowest BCUT2D eigenvalue weighted by Gasteiger charge is -2.33. The highest BCUT2D eigenvalue weighted by Crippen LogP contribution is 2.33. The lowest BCUT2D eigenvalue weighted by atomic mass is 10.0. The minimum Gasteiger partial charge on any atom is -0.314 e. The van der Waals surface area contributed by atoms with Crippen LogP contribution in [-0.4, -0.2) is 31.1 Å². The standard InChI is InChI=1S/C13H16F4N2.2ClH/c1-9(19-6-4-18-5-7-19)11-8-10(13(15,16)17)2-3-12(11)14;;/h2-3,8-9,18H,4-7H2,1H3;2*1H/t9-;;/m1../s1. The lowest BCUT2D eigenvalue weighted by Crippen LogP contribution is -2.44. The summed E-state index contributed by atoms with van der Waals surface area (Å²) in [5, 5.41) is 3.16. The first kappa shape index (κ1) is 20.4. The Morgan fingerprint density at radius 1 is 1.14 bits per heavy atom. The maximum atomic E-state index is 13.8. The van der Waals surface area contributed by atoms with Gasteiger partial charge in [-0.05, 0) is 25.1 Å². The fourth-order valence-electron chi connectivity index (χ4n) is 2.31. The van der Waals surface area contributed by atoms with Gasteiger partial charge in [-0.15, -0.1) is 24.8 Å².